The lowest BCUT2D eigenvalue weighted by Crippen LogP contribution is -2.62. The van der Waals surface area contributed by atoms with E-state index in [1.807, 2.05) is 0 Å². The molecular weight excluding hydrogens is 1070 g/mol. The summed E-state index contributed by atoms with van der Waals surface area (Å²) < 4.78 is 0. The molecule has 0 radical (unpaired) electrons. The number of aromatic amines is 1. The van der Waals surface area contributed by atoms with Gasteiger partial charge in [0.15, 0.2) is 11.9 Å². The van der Waals surface area contributed by atoms with Gasteiger partial charge in [-0.15, -0.1) is 0 Å². The third-order valence-electron chi connectivity index (χ3n) is 14.1. The van der Waals surface area contributed by atoms with Gasteiger partial charge < -0.3 is 96.4 Å². The largest absolute Gasteiger partial charge is 0.480 e. The number of hydrogen-bond donors (Lipinski definition) is 17. The number of nitrogens with one attached hydrogen (secondary N) is 9. The number of carbonyl (C=O) groups excluding carboxylic acids is 9. The lowest BCUT2D eigenvalue weighted by Gasteiger charge is -2.31. The summed E-state index contributed by atoms with van der Waals surface area (Å²) in [5, 5.41) is 51.2. The van der Waals surface area contributed by atoms with E-state index >= 15 is 0 Å². The van der Waals surface area contributed by atoms with Crippen molar-refractivity contribution in [1.29, 1.82) is 0 Å². The Morgan fingerprint density at radius 2 is 1.22 bits per heavy atom. The van der Waals surface area contributed by atoms with E-state index in [0.29, 0.717) is 31.4 Å². The zero-order valence-electron chi connectivity index (χ0n) is 47.5. The minimum absolute atomic E-state index is 0.0179. The van der Waals surface area contributed by atoms with Crippen molar-refractivity contribution in [2.75, 3.05) is 26.2 Å². The van der Waals surface area contributed by atoms with Crippen molar-refractivity contribution in [2.24, 2.45) is 50.5 Å². The number of rotatable bonds is 36. The van der Waals surface area contributed by atoms with Crippen molar-refractivity contribution < 1.29 is 63.3 Å². The molecule has 0 aliphatic heterocycles. The monoisotopic (exact) mass is 1160 g/mol. The van der Waals surface area contributed by atoms with Crippen LogP contribution in [-0.2, 0) is 54.4 Å². The van der Waals surface area contributed by atoms with Crippen LogP contribution in [-0.4, -0.2) is 194 Å². The Morgan fingerprint density at radius 3 is 1.77 bits per heavy atom. The molecular formula is C51H88N18O13. The fraction of sp³-hybridized carbons (Fsp3) is 0.706. The first-order valence-corrected chi connectivity index (χ1v) is 27.8. The summed E-state index contributed by atoms with van der Waals surface area (Å²) in [7, 11) is 0. The maximum atomic E-state index is 14.3. The van der Waals surface area contributed by atoms with Gasteiger partial charge in [0.1, 0.15) is 48.8 Å². The van der Waals surface area contributed by atoms with Crippen LogP contribution in [0.3, 0.4) is 0 Å². The van der Waals surface area contributed by atoms with Crippen molar-refractivity contribution in [1.82, 2.24) is 57.4 Å². The SMILES string of the molecule is CCC(C)[C@H](NC(=O)[C@@H](CCCN=C(N)N)NC(=O)CNC(=O)[C@@H](NC(=O)[C@@H](NC(=O)[C@H](Cc1cnc[nH]1)NC(=O)[C@H](CC1CCCCC1)NC(=O)[C@H](C)NC(=O)[C@@H](N)CCCN=C(N)N)[C@@H](C)O)[C@@H](C)O)C(=O)N(CC(=O)O)C1CC1. The summed E-state index contributed by atoms with van der Waals surface area (Å²) >= 11 is 0. The maximum absolute atomic E-state index is 14.3. The summed E-state index contributed by atoms with van der Waals surface area (Å²) in [4.78, 5) is 151. The predicted octanol–water partition coefficient (Wildman–Crippen LogP) is -5.23. The van der Waals surface area contributed by atoms with E-state index in [9.17, 15) is 63.3 Å². The van der Waals surface area contributed by atoms with Crippen LogP contribution in [0, 0.1) is 11.8 Å². The molecule has 2 fully saturated rings. The number of aliphatic hydroxyl groups excluding tert-OH is 2. The molecule has 1 aromatic rings. The minimum Gasteiger partial charge on any atom is -0.480 e. The van der Waals surface area contributed by atoms with Crippen molar-refractivity contribution in [3.05, 3.63) is 18.2 Å². The number of hydrogen-bond acceptors (Lipinski definition) is 16. The first kappa shape index (κ1) is 68.6. The molecule has 31 nitrogen and oxygen atoms in total. The van der Waals surface area contributed by atoms with Crippen LogP contribution < -0.4 is 71.2 Å². The van der Waals surface area contributed by atoms with E-state index in [0.717, 1.165) is 46.0 Å². The molecule has 9 amide bonds. The van der Waals surface area contributed by atoms with Gasteiger partial charge in [0.05, 0.1) is 31.1 Å². The Bertz CT molecular complexity index is 2350. The number of guanidine groups is 2. The Morgan fingerprint density at radius 1 is 0.671 bits per heavy atom. The molecule has 0 aromatic carbocycles. The number of carboxylic acids is 1. The molecule has 0 bridgehead atoms. The lowest BCUT2D eigenvalue weighted by molar-refractivity contribution is -0.147. The summed E-state index contributed by atoms with van der Waals surface area (Å²) in [6, 6.07) is -11.2. The van der Waals surface area contributed by atoms with Crippen LogP contribution in [0.5, 0.6) is 0 Å². The maximum Gasteiger partial charge on any atom is 0.323 e. The standard InChI is InChI=1S/C51H88N18O13/c1-6-26(2)39(49(82)69(24-38(73)74)32-16-17-32)66-44(77)34(15-11-19-59-51(55)56)63-37(72)23-60-47(80)40(28(4)70)68-48(81)41(29(5)71)67-46(79)36(21-31-22-57-25-61-31)65-45(78)35(20-30-12-8-7-9-13-30)64-42(75)27(3)62-43(76)33(52)14-10-18-58-50(53)54/h22,25-30,32-36,39-41,70-71H,6-21,23-24,52H2,1-5H3,(H,57,61)(H,60,80)(H,62,76)(H,63,72)(H,64,75)(H,65,78)(H,66,77)(H,67,79)(H,68,81)(H,73,74)(H4,53,54,58)(H4,55,56,59)/t26?,27-,28+,29+,33-,34+,35-,36-,39-,40-,41-/m0/s1. The van der Waals surface area contributed by atoms with E-state index in [4.69, 9.17) is 28.7 Å². The van der Waals surface area contributed by atoms with E-state index in [2.05, 4.69) is 62.5 Å². The number of nitrogens with two attached hydrogens (primary N) is 5. The summed E-state index contributed by atoms with van der Waals surface area (Å²) in [5.41, 5.74) is 28.0. The topological polar surface area (TPSA) is 514 Å². The van der Waals surface area contributed by atoms with Gasteiger partial charge >= 0.3 is 5.97 Å². The number of amides is 9. The predicted molar refractivity (Wildman–Crippen MR) is 299 cm³/mol. The molecule has 0 spiro atoms. The highest BCUT2D eigenvalue weighted by atomic mass is 16.4. The number of aromatic nitrogens is 2. The van der Waals surface area contributed by atoms with Gasteiger partial charge in [-0.3, -0.25) is 57.9 Å². The van der Waals surface area contributed by atoms with Gasteiger partial charge in [-0.05, 0) is 77.6 Å². The molecule has 1 aromatic heterocycles. The molecule has 2 aliphatic carbocycles. The van der Waals surface area contributed by atoms with Crippen molar-refractivity contribution in [3.8, 4) is 0 Å². The van der Waals surface area contributed by atoms with Gasteiger partial charge in [-0.2, -0.15) is 0 Å². The molecule has 22 N–H and O–H groups in total. The number of carboxylic acid groups (broad SMARTS) is 1. The number of H-pyrrole nitrogens is 1. The third-order valence-corrected chi connectivity index (χ3v) is 14.1. The van der Waals surface area contributed by atoms with Crippen LogP contribution >= 0.6 is 0 Å². The molecule has 1 heterocycles. The summed E-state index contributed by atoms with van der Waals surface area (Å²) in [6.45, 7) is 6.13. The van der Waals surface area contributed by atoms with Gasteiger partial charge in [0, 0.05) is 37.4 Å². The van der Waals surface area contributed by atoms with E-state index in [1.165, 1.54) is 24.3 Å². The minimum atomic E-state index is -1.82. The number of aliphatic hydroxyl groups is 2. The zero-order valence-corrected chi connectivity index (χ0v) is 47.5. The highest BCUT2D eigenvalue weighted by Crippen LogP contribution is 2.29. The number of aliphatic imine (C=N–C) groups is 2. The zero-order chi connectivity index (χ0) is 61.2. The third kappa shape index (κ3) is 24.2. The molecule has 2 saturated carbocycles. The molecule has 1 unspecified atom stereocenters. The van der Waals surface area contributed by atoms with Gasteiger partial charge in [-0.25, -0.2) is 4.98 Å². The van der Waals surface area contributed by atoms with E-state index in [1.54, 1.807) is 13.8 Å². The normalized spacial score (nSPS) is 17.3. The van der Waals surface area contributed by atoms with E-state index in [-0.39, 0.29) is 69.1 Å². The molecule has 82 heavy (non-hydrogen) atoms. The first-order chi connectivity index (χ1) is 38.7. The molecule has 2 aliphatic rings. The Kier molecular flexibility index (Phi) is 28.9. The van der Waals surface area contributed by atoms with Crippen molar-refractivity contribution in [3.63, 3.8) is 0 Å². The number of nitrogens with zero attached hydrogens (tertiary/aromatic N) is 4. The Hall–Kier alpha value is -7.67. The molecule has 0 saturated heterocycles. The first-order valence-electron chi connectivity index (χ1n) is 27.8. The number of imidazole rings is 1. The van der Waals surface area contributed by atoms with Gasteiger partial charge in [-0.1, -0.05) is 52.4 Å². The average Bonchev–Trinajstić information content (AvgIpc) is 4.14. The van der Waals surface area contributed by atoms with Crippen LogP contribution in [0.25, 0.3) is 0 Å². The fourth-order valence-corrected chi connectivity index (χ4v) is 9.06. The second-order valence-corrected chi connectivity index (χ2v) is 21.1. The molecule has 11 atom stereocenters. The second-order valence-electron chi connectivity index (χ2n) is 21.1. The van der Waals surface area contributed by atoms with Gasteiger partial charge in [0.25, 0.3) is 0 Å². The Labute approximate surface area is 476 Å². The summed E-state index contributed by atoms with van der Waals surface area (Å²) in [6.07, 6.45) is 6.02. The molecule has 31 heteroatoms. The number of aliphatic carboxylic acids is 1. The second kappa shape index (κ2) is 34.6. The van der Waals surface area contributed by atoms with Crippen LogP contribution in [0.15, 0.2) is 22.5 Å². The number of carbonyl (C=O) groups is 10. The summed E-state index contributed by atoms with van der Waals surface area (Å²) in [5.74, 6) is -9.69. The van der Waals surface area contributed by atoms with Gasteiger partial charge in [0.2, 0.25) is 53.2 Å². The van der Waals surface area contributed by atoms with Crippen molar-refractivity contribution >= 4 is 71.1 Å². The molecule has 460 valence electrons. The van der Waals surface area contributed by atoms with E-state index < -0.39 is 139 Å². The molecule has 3 rings (SSSR count). The highest BCUT2D eigenvalue weighted by molar-refractivity contribution is 5.98. The van der Waals surface area contributed by atoms with Crippen LogP contribution in [0.2, 0.25) is 0 Å². The Balaban J connectivity index is 1.77. The van der Waals surface area contributed by atoms with Crippen molar-refractivity contribution in [2.45, 2.75) is 191 Å². The fourth-order valence-electron chi connectivity index (χ4n) is 9.06. The highest BCUT2D eigenvalue weighted by Gasteiger charge is 2.41. The quantitative estimate of drug-likeness (QED) is 0.0170. The smallest absolute Gasteiger partial charge is 0.323 e. The average molecular weight is 1160 g/mol. The van der Waals surface area contributed by atoms with Crippen LogP contribution in [0.4, 0.5) is 0 Å². The van der Waals surface area contributed by atoms with Crippen LogP contribution in [0.1, 0.15) is 124 Å². The lowest BCUT2D eigenvalue weighted by atomic mass is 9.84.